The summed E-state index contributed by atoms with van der Waals surface area (Å²) in [5.41, 5.74) is 0. The van der Waals surface area contributed by atoms with Crippen molar-refractivity contribution in [1.29, 1.82) is 0 Å². The molecule has 0 spiro atoms. The van der Waals surface area contributed by atoms with Gasteiger partial charge >= 0.3 is 0 Å². The van der Waals surface area contributed by atoms with E-state index in [0.717, 1.165) is 32.2 Å². The van der Waals surface area contributed by atoms with Gasteiger partial charge in [-0.15, -0.1) is 0 Å². The van der Waals surface area contributed by atoms with Crippen LogP contribution in [0.4, 0.5) is 0 Å². The summed E-state index contributed by atoms with van der Waals surface area (Å²) in [5.74, 6) is 0.884. The van der Waals surface area contributed by atoms with E-state index in [2.05, 4.69) is 5.32 Å². The molecule has 0 aromatic rings. The van der Waals surface area contributed by atoms with Crippen LogP contribution in [0.15, 0.2) is 0 Å². The lowest BCUT2D eigenvalue weighted by atomic mass is 9.76. The standard InChI is InChI=1S/C9H17NO3S.ClH/c1-14(11,12)13-9-7-3-2-4-8(9)6-10-5-7;/h7-10H,2-6H2,1H3;1H. The average molecular weight is 256 g/mol. The van der Waals surface area contributed by atoms with Crippen LogP contribution in [0.3, 0.4) is 0 Å². The first-order chi connectivity index (χ1) is 6.56. The Morgan fingerprint density at radius 1 is 1.20 bits per heavy atom. The average Bonchev–Trinajstić information content (AvgIpc) is 1.99. The molecular formula is C9H18ClNO3S. The Hall–Kier alpha value is 0.160. The molecule has 90 valence electrons. The molecule has 2 N–H and O–H groups in total. The van der Waals surface area contributed by atoms with Crippen molar-refractivity contribution in [2.75, 3.05) is 19.3 Å². The van der Waals surface area contributed by atoms with Gasteiger partial charge in [0.25, 0.3) is 10.1 Å². The van der Waals surface area contributed by atoms with Crippen molar-refractivity contribution >= 4 is 10.1 Å². The molecule has 0 radical (unpaired) electrons. The maximum atomic E-state index is 11.1. The van der Waals surface area contributed by atoms with E-state index in [-0.39, 0.29) is 18.5 Å². The molecule has 2 fully saturated rings. The Morgan fingerprint density at radius 3 is 2.20 bits per heavy atom. The van der Waals surface area contributed by atoms with Gasteiger partial charge in [-0.2, -0.15) is 8.42 Å². The molecule has 0 aromatic heterocycles. The van der Waals surface area contributed by atoms with Gasteiger partial charge < -0.3 is 17.7 Å². The first-order valence-corrected chi connectivity index (χ1v) is 7.08. The molecule has 0 aromatic carbocycles. The Labute approximate surface area is 97.3 Å². The molecule has 1 saturated heterocycles. The number of hydrogen-bond acceptors (Lipinski definition) is 3. The molecule has 1 aliphatic heterocycles. The second-order valence-corrected chi connectivity index (χ2v) is 6.08. The van der Waals surface area contributed by atoms with Crippen LogP contribution < -0.4 is 17.7 Å². The molecule has 0 amide bonds. The van der Waals surface area contributed by atoms with E-state index in [1.807, 2.05) is 0 Å². The lowest BCUT2D eigenvalue weighted by Gasteiger charge is -2.39. The fourth-order valence-electron chi connectivity index (χ4n) is 2.74. The quantitative estimate of drug-likeness (QED) is 0.518. The number of rotatable bonds is 2. The number of nitrogens with two attached hydrogens (primary N) is 1. The highest BCUT2D eigenvalue weighted by Crippen LogP contribution is 2.32. The van der Waals surface area contributed by atoms with Gasteiger partial charge in [-0.1, -0.05) is 6.42 Å². The smallest absolute Gasteiger partial charge is 0.264 e. The van der Waals surface area contributed by atoms with Crippen molar-refractivity contribution in [3.63, 3.8) is 0 Å². The highest BCUT2D eigenvalue weighted by atomic mass is 35.5. The molecular weight excluding hydrogens is 238 g/mol. The normalized spacial score (nSPS) is 35.7. The van der Waals surface area contributed by atoms with Crippen LogP contribution in [-0.2, 0) is 14.3 Å². The molecule has 2 rings (SSSR count). The molecule has 2 unspecified atom stereocenters. The molecule has 2 aliphatic rings. The van der Waals surface area contributed by atoms with Crippen molar-refractivity contribution in [2.45, 2.75) is 25.4 Å². The summed E-state index contributed by atoms with van der Waals surface area (Å²) < 4.78 is 27.4. The lowest BCUT2D eigenvalue weighted by molar-refractivity contribution is -0.681. The summed E-state index contributed by atoms with van der Waals surface area (Å²) in [6.07, 6.45) is 4.58. The first kappa shape index (κ1) is 13.2. The molecule has 2 atom stereocenters. The van der Waals surface area contributed by atoms with E-state index in [0.29, 0.717) is 11.8 Å². The highest BCUT2D eigenvalue weighted by molar-refractivity contribution is 7.86. The lowest BCUT2D eigenvalue weighted by Crippen LogP contribution is -3.00. The maximum absolute atomic E-state index is 11.1. The van der Waals surface area contributed by atoms with Crippen molar-refractivity contribution in [3.05, 3.63) is 0 Å². The van der Waals surface area contributed by atoms with Crippen LogP contribution in [0.25, 0.3) is 0 Å². The minimum atomic E-state index is -3.28. The SMILES string of the molecule is CS(=O)(=O)OC1C2CCCC1C[NH2+]C2.[Cl-]. The van der Waals surface area contributed by atoms with Crippen LogP contribution in [0.2, 0.25) is 0 Å². The fourth-order valence-corrected chi connectivity index (χ4v) is 3.46. The third-order valence-electron chi connectivity index (χ3n) is 3.30. The Bertz CT molecular complexity index is 284. The van der Waals surface area contributed by atoms with E-state index >= 15 is 0 Å². The molecule has 1 heterocycles. The first-order valence-electron chi connectivity index (χ1n) is 5.26. The van der Waals surface area contributed by atoms with Crippen LogP contribution in [-0.4, -0.2) is 33.9 Å². The maximum Gasteiger partial charge on any atom is 0.264 e. The van der Waals surface area contributed by atoms with Gasteiger partial charge in [0.15, 0.2) is 0 Å². The van der Waals surface area contributed by atoms with E-state index in [1.54, 1.807) is 0 Å². The monoisotopic (exact) mass is 255 g/mol. The van der Waals surface area contributed by atoms with E-state index in [1.165, 1.54) is 6.42 Å². The minimum absolute atomic E-state index is 0. The number of quaternary nitrogens is 1. The van der Waals surface area contributed by atoms with Crippen molar-refractivity contribution in [3.8, 4) is 0 Å². The van der Waals surface area contributed by atoms with Gasteiger partial charge in [-0.05, 0) is 12.8 Å². The van der Waals surface area contributed by atoms with Crippen LogP contribution in [0.5, 0.6) is 0 Å². The Kier molecular flexibility index (Phi) is 4.40. The summed E-state index contributed by atoms with van der Waals surface area (Å²) in [6, 6.07) is 0. The highest BCUT2D eigenvalue weighted by Gasteiger charge is 2.41. The second-order valence-electron chi connectivity index (χ2n) is 4.48. The molecule has 15 heavy (non-hydrogen) atoms. The summed E-state index contributed by atoms with van der Waals surface area (Å²) in [5, 5.41) is 2.29. The largest absolute Gasteiger partial charge is 1.00 e. The zero-order valence-electron chi connectivity index (χ0n) is 8.86. The van der Waals surface area contributed by atoms with Crippen LogP contribution in [0.1, 0.15) is 19.3 Å². The van der Waals surface area contributed by atoms with E-state index in [4.69, 9.17) is 4.18 Å². The molecule has 6 heteroatoms. The van der Waals surface area contributed by atoms with E-state index in [9.17, 15) is 8.42 Å². The summed E-state index contributed by atoms with van der Waals surface area (Å²) in [7, 11) is -3.28. The van der Waals surface area contributed by atoms with Gasteiger partial charge in [-0.25, -0.2) is 0 Å². The number of hydrogen-bond donors (Lipinski definition) is 1. The molecule has 1 saturated carbocycles. The second kappa shape index (κ2) is 4.99. The number of halogens is 1. The Balaban J connectivity index is 0.00000112. The zero-order valence-corrected chi connectivity index (χ0v) is 10.4. The van der Waals surface area contributed by atoms with Gasteiger partial charge in [0.2, 0.25) is 0 Å². The predicted molar refractivity (Wildman–Crippen MR) is 52.2 cm³/mol. The topological polar surface area (TPSA) is 60.0 Å². The minimum Gasteiger partial charge on any atom is -1.00 e. The molecule has 2 bridgehead atoms. The van der Waals surface area contributed by atoms with Crippen molar-refractivity contribution in [1.82, 2.24) is 0 Å². The van der Waals surface area contributed by atoms with Crippen molar-refractivity contribution in [2.24, 2.45) is 11.8 Å². The Morgan fingerprint density at radius 2 is 1.73 bits per heavy atom. The fraction of sp³-hybridized carbons (Fsp3) is 1.00. The van der Waals surface area contributed by atoms with E-state index < -0.39 is 10.1 Å². The third-order valence-corrected chi connectivity index (χ3v) is 3.88. The summed E-state index contributed by atoms with van der Waals surface area (Å²) in [6.45, 7) is 2.05. The van der Waals surface area contributed by atoms with Gasteiger partial charge in [0, 0.05) is 11.8 Å². The zero-order chi connectivity index (χ0) is 10.2. The summed E-state index contributed by atoms with van der Waals surface area (Å²) in [4.78, 5) is 0. The van der Waals surface area contributed by atoms with Gasteiger partial charge in [0.1, 0.15) is 0 Å². The van der Waals surface area contributed by atoms with Gasteiger partial charge in [-0.3, -0.25) is 4.18 Å². The number of piperidine rings is 1. The third kappa shape index (κ3) is 3.31. The molecule has 1 aliphatic carbocycles. The van der Waals surface area contributed by atoms with Crippen molar-refractivity contribution < 1.29 is 30.3 Å². The van der Waals surface area contributed by atoms with Crippen LogP contribution >= 0.6 is 0 Å². The predicted octanol–water partition coefficient (Wildman–Crippen LogP) is -3.67. The number of fused-ring (bicyclic) bond motifs is 2. The van der Waals surface area contributed by atoms with Crippen LogP contribution in [0, 0.1) is 11.8 Å². The van der Waals surface area contributed by atoms with Gasteiger partial charge in [0.05, 0.1) is 25.4 Å². The summed E-state index contributed by atoms with van der Waals surface area (Å²) >= 11 is 0. The molecule has 4 nitrogen and oxygen atoms in total.